The number of methoxy groups -OCH3 is 1. The summed E-state index contributed by atoms with van der Waals surface area (Å²) in [4.78, 5) is 40.8. The fourth-order valence-corrected chi connectivity index (χ4v) is 4.92. The van der Waals surface area contributed by atoms with Gasteiger partial charge in [-0.15, -0.1) is 11.3 Å². The predicted octanol–water partition coefficient (Wildman–Crippen LogP) is 2.27. The number of thiophene rings is 1. The summed E-state index contributed by atoms with van der Waals surface area (Å²) in [6.45, 7) is 1.59. The average molecular weight is 388 g/mol. The van der Waals surface area contributed by atoms with Crippen molar-refractivity contribution in [3.8, 4) is 0 Å². The Kier molecular flexibility index (Phi) is 4.12. The van der Waals surface area contributed by atoms with Crippen molar-refractivity contribution in [2.45, 2.75) is 18.5 Å². The normalized spacial score (nSPS) is 29.9. The Morgan fingerprint density at radius 1 is 1.22 bits per heavy atom. The zero-order chi connectivity index (χ0) is 19.3. The van der Waals surface area contributed by atoms with Crippen LogP contribution in [-0.2, 0) is 19.1 Å². The highest BCUT2D eigenvalue weighted by molar-refractivity contribution is 7.10. The quantitative estimate of drug-likeness (QED) is 0.645. The Labute approximate surface area is 158 Å². The highest BCUT2D eigenvalue weighted by Gasteiger charge is 2.67. The molecule has 1 N–H and O–H groups in total. The van der Waals surface area contributed by atoms with E-state index in [1.165, 1.54) is 42.7 Å². The Hall–Kier alpha value is -2.58. The van der Waals surface area contributed by atoms with Crippen LogP contribution in [0.5, 0.6) is 0 Å². The molecule has 0 saturated carbocycles. The highest BCUT2D eigenvalue weighted by Crippen LogP contribution is 2.50. The first-order valence-electron chi connectivity index (χ1n) is 8.41. The van der Waals surface area contributed by atoms with Gasteiger partial charge >= 0.3 is 5.97 Å². The fourth-order valence-electron chi connectivity index (χ4n) is 4.10. The Morgan fingerprint density at radius 3 is 2.52 bits per heavy atom. The van der Waals surface area contributed by atoms with E-state index in [0.717, 1.165) is 9.78 Å². The lowest BCUT2D eigenvalue weighted by Gasteiger charge is -2.28. The maximum Gasteiger partial charge on any atom is 0.326 e. The van der Waals surface area contributed by atoms with Crippen molar-refractivity contribution in [3.05, 3.63) is 52.5 Å². The second-order valence-electron chi connectivity index (χ2n) is 6.82. The van der Waals surface area contributed by atoms with Crippen LogP contribution in [0.15, 0.2) is 41.8 Å². The molecule has 2 amide bonds. The third kappa shape index (κ3) is 2.51. The molecule has 1 aromatic heterocycles. The standard InChI is InChI=1S/C19H17FN2O4S/c1-19(18(25)26-2)14-13(15(21-19)12-4-3-9-27-12)16(23)22(17(14)24)11-7-5-10(20)6-8-11/h3-9,13-15,21H,1-2H3/t13-,14-,15-,19-/m0/s1. The zero-order valence-electron chi connectivity index (χ0n) is 14.6. The summed E-state index contributed by atoms with van der Waals surface area (Å²) in [6, 6.07) is 8.38. The molecule has 27 heavy (non-hydrogen) atoms. The zero-order valence-corrected chi connectivity index (χ0v) is 15.5. The number of imide groups is 1. The van der Waals surface area contributed by atoms with Crippen molar-refractivity contribution in [2.24, 2.45) is 11.8 Å². The van der Waals surface area contributed by atoms with E-state index in [4.69, 9.17) is 4.74 Å². The molecule has 1 aromatic carbocycles. The summed E-state index contributed by atoms with van der Waals surface area (Å²) >= 11 is 1.45. The second kappa shape index (κ2) is 6.24. The molecule has 4 rings (SSSR count). The van der Waals surface area contributed by atoms with Crippen LogP contribution >= 0.6 is 11.3 Å². The first-order valence-corrected chi connectivity index (χ1v) is 9.29. The monoisotopic (exact) mass is 388 g/mol. The molecule has 0 spiro atoms. The van der Waals surface area contributed by atoms with Gasteiger partial charge in [0.2, 0.25) is 11.8 Å². The summed E-state index contributed by atoms with van der Waals surface area (Å²) in [7, 11) is 1.25. The van der Waals surface area contributed by atoms with Crippen LogP contribution in [0.3, 0.4) is 0 Å². The van der Waals surface area contributed by atoms with Gasteiger partial charge in [0.15, 0.2) is 0 Å². The van der Waals surface area contributed by atoms with E-state index in [0.29, 0.717) is 0 Å². The van der Waals surface area contributed by atoms with Crippen LogP contribution in [-0.4, -0.2) is 30.4 Å². The molecule has 2 aromatic rings. The number of rotatable bonds is 3. The second-order valence-corrected chi connectivity index (χ2v) is 7.80. The van der Waals surface area contributed by atoms with Crippen molar-refractivity contribution in [3.63, 3.8) is 0 Å². The van der Waals surface area contributed by atoms with E-state index in [1.54, 1.807) is 6.92 Å². The lowest BCUT2D eigenvalue weighted by molar-refractivity contribution is -0.151. The minimum absolute atomic E-state index is 0.290. The number of ether oxygens (including phenoxy) is 1. The van der Waals surface area contributed by atoms with E-state index >= 15 is 0 Å². The van der Waals surface area contributed by atoms with Crippen LogP contribution < -0.4 is 10.2 Å². The van der Waals surface area contributed by atoms with Crippen molar-refractivity contribution < 1.29 is 23.5 Å². The van der Waals surface area contributed by atoms with E-state index in [2.05, 4.69) is 5.32 Å². The van der Waals surface area contributed by atoms with Gasteiger partial charge in [0.25, 0.3) is 0 Å². The fraction of sp³-hybridized carbons (Fsp3) is 0.316. The molecular formula is C19H17FN2O4S. The van der Waals surface area contributed by atoms with E-state index in [9.17, 15) is 18.8 Å². The molecule has 2 aliphatic rings. The number of anilines is 1. The Morgan fingerprint density at radius 2 is 1.93 bits per heavy atom. The van der Waals surface area contributed by atoms with E-state index < -0.39 is 47.0 Å². The summed E-state index contributed by atoms with van der Waals surface area (Å²) in [5.41, 5.74) is -1.05. The Balaban J connectivity index is 1.81. The molecule has 2 aliphatic heterocycles. The van der Waals surface area contributed by atoms with Gasteiger partial charge in [-0.3, -0.25) is 19.7 Å². The number of carbonyl (C=O) groups excluding carboxylic acids is 3. The lowest BCUT2D eigenvalue weighted by Crippen LogP contribution is -2.54. The third-order valence-corrected chi connectivity index (χ3v) is 6.29. The molecule has 140 valence electrons. The predicted molar refractivity (Wildman–Crippen MR) is 96.5 cm³/mol. The number of amides is 2. The van der Waals surface area contributed by atoms with Crippen molar-refractivity contribution in [1.82, 2.24) is 5.32 Å². The van der Waals surface area contributed by atoms with Crippen LogP contribution in [0.2, 0.25) is 0 Å². The average Bonchev–Trinajstić information content (AvgIpc) is 3.34. The van der Waals surface area contributed by atoms with Gasteiger partial charge in [-0.2, -0.15) is 0 Å². The van der Waals surface area contributed by atoms with Crippen molar-refractivity contribution in [1.29, 1.82) is 0 Å². The number of hydrogen-bond acceptors (Lipinski definition) is 6. The largest absolute Gasteiger partial charge is 0.468 e. The first kappa shape index (κ1) is 17.8. The molecular weight excluding hydrogens is 371 g/mol. The van der Waals surface area contributed by atoms with Gasteiger partial charge in [-0.1, -0.05) is 6.07 Å². The smallest absolute Gasteiger partial charge is 0.326 e. The molecule has 0 bridgehead atoms. The Bertz CT molecular complexity index is 914. The molecule has 0 aliphatic carbocycles. The van der Waals surface area contributed by atoms with Crippen LogP contribution in [0, 0.1) is 17.7 Å². The molecule has 3 heterocycles. The number of nitrogens with one attached hydrogen (secondary N) is 1. The molecule has 2 fully saturated rings. The van der Waals surface area contributed by atoms with Crippen LogP contribution in [0.25, 0.3) is 0 Å². The van der Waals surface area contributed by atoms with Gasteiger partial charge < -0.3 is 4.74 Å². The van der Waals surface area contributed by atoms with E-state index in [1.807, 2.05) is 17.5 Å². The topological polar surface area (TPSA) is 75.7 Å². The molecule has 2 saturated heterocycles. The molecule has 8 heteroatoms. The van der Waals surface area contributed by atoms with Gasteiger partial charge in [-0.05, 0) is 42.6 Å². The van der Waals surface area contributed by atoms with Crippen LogP contribution in [0.4, 0.5) is 10.1 Å². The summed E-state index contributed by atoms with van der Waals surface area (Å²) < 4.78 is 18.2. The highest BCUT2D eigenvalue weighted by atomic mass is 32.1. The SMILES string of the molecule is COC(=O)[C@@]1(C)N[C@@H](c2cccs2)[C@H]2C(=O)N(c3ccc(F)cc3)C(=O)[C@H]21. The number of carbonyl (C=O) groups is 3. The van der Waals surface area contributed by atoms with Gasteiger partial charge in [0, 0.05) is 4.88 Å². The summed E-state index contributed by atoms with van der Waals surface area (Å²) in [5.74, 6) is -3.61. The maximum atomic E-state index is 13.3. The maximum absolute atomic E-state index is 13.3. The lowest BCUT2D eigenvalue weighted by atomic mass is 9.81. The number of esters is 1. The van der Waals surface area contributed by atoms with Crippen LogP contribution in [0.1, 0.15) is 17.8 Å². The summed E-state index contributed by atoms with van der Waals surface area (Å²) in [6.07, 6.45) is 0. The summed E-state index contributed by atoms with van der Waals surface area (Å²) in [5, 5.41) is 5.05. The van der Waals surface area contributed by atoms with E-state index in [-0.39, 0.29) is 5.69 Å². The minimum atomic E-state index is -1.34. The molecule has 0 radical (unpaired) electrons. The van der Waals surface area contributed by atoms with Gasteiger partial charge in [0.1, 0.15) is 11.4 Å². The molecule has 4 atom stereocenters. The molecule has 6 nitrogen and oxygen atoms in total. The van der Waals surface area contributed by atoms with Gasteiger partial charge in [-0.25, -0.2) is 9.29 Å². The number of hydrogen-bond donors (Lipinski definition) is 1. The van der Waals surface area contributed by atoms with Gasteiger partial charge in [0.05, 0.1) is 30.7 Å². The number of halogens is 1. The third-order valence-electron chi connectivity index (χ3n) is 5.33. The number of benzene rings is 1. The molecule has 0 unspecified atom stereocenters. The number of nitrogens with zero attached hydrogens (tertiary/aromatic N) is 1. The first-order chi connectivity index (χ1) is 12.9. The minimum Gasteiger partial charge on any atom is -0.468 e. The number of fused-ring (bicyclic) bond motifs is 1. The van der Waals surface area contributed by atoms with Crippen molar-refractivity contribution >= 4 is 34.8 Å². The van der Waals surface area contributed by atoms with Crippen molar-refractivity contribution in [2.75, 3.05) is 12.0 Å².